The summed E-state index contributed by atoms with van der Waals surface area (Å²) in [6, 6.07) is 17.1. The quantitative estimate of drug-likeness (QED) is 0.638. The SMILES string of the molecule is Cc1ccc2ncn(CCCNCCCc3ccccc3)c2c1. The highest BCUT2D eigenvalue weighted by molar-refractivity contribution is 5.75. The van der Waals surface area contributed by atoms with E-state index in [1.807, 2.05) is 6.33 Å². The topological polar surface area (TPSA) is 29.9 Å². The molecule has 23 heavy (non-hydrogen) atoms. The van der Waals surface area contributed by atoms with Gasteiger partial charge in [-0.15, -0.1) is 0 Å². The molecule has 0 unspecified atom stereocenters. The molecule has 1 N–H and O–H groups in total. The van der Waals surface area contributed by atoms with Crippen molar-refractivity contribution in [2.75, 3.05) is 13.1 Å². The Morgan fingerprint density at radius 1 is 1.00 bits per heavy atom. The molecule has 1 heterocycles. The van der Waals surface area contributed by atoms with Crippen LogP contribution in [-0.4, -0.2) is 22.6 Å². The van der Waals surface area contributed by atoms with Crippen LogP contribution < -0.4 is 5.32 Å². The van der Waals surface area contributed by atoms with Crippen LogP contribution in [0.25, 0.3) is 11.0 Å². The summed E-state index contributed by atoms with van der Waals surface area (Å²) in [6.45, 7) is 5.29. The fourth-order valence-electron chi connectivity index (χ4n) is 2.91. The van der Waals surface area contributed by atoms with E-state index in [0.29, 0.717) is 0 Å². The molecule has 3 rings (SSSR count). The van der Waals surface area contributed by atoms with Gasteiger partial charge in [-0.05, 0) is 62.5 Å². The van der Waals surface area contributed by atoms with Gasteiger partial charge in [0.25, 0.3) is 0 Å². The Bertz CT molecular complexity index is 731. The molecule has 0 saturated heterocycles. The van der Waals surface area contributed by atoms with Gasteiger partial charge in [-0.1, -0.05) is 36.4 Å². The van der Waals surface area contributed by atoms with Crippen molar-refractivity contribution >= 4 is 11.0 Å². The second-order valence-electron chi connectivity index (χ2n) is 6.12. The summed E-state index contributed by atoms with van der Waals surface area (Å²) in [5.74, 6) is 0. The fourth-order valence-corrected chi connectivity index (χ4v) is 2.91. The van der Waals surface area contributed by atoms with Crippen LogP contribution in [0.15, 0.2) is 54.9 Å². The van der Waals surface area contributed by atoms with Crippen molar-refractivity contribution in [1.82, 2.24) is 14.9 Å². The lowest BCUT2D eigenvalue weighted by atomic mass is 10.1. The molecule has 3 heteroatoms. The molecule has 0 atom stereocenters. The molecule has 2 aromatic carbocycles. The van der Waals surface area contributed by atoms with Crippen LogP contribution in [0, 0.1) is 6.92 Å². The molecule has 0 fully saturated rings. The van der Waals surface area contributed by atoms with Gasteiger partial charge in [0.2, 0.25) is 0 Å². The Kier molecular flexibility index (Phi) is 5.43. The molecule has 0 amide bonds. The molecule has 1 aromatic heterocycles. The van der Waals surface area contributed by atoms with Crippen molar-refractivity contribution in [2.45, 2.75) is 32.7 Å². The largest absolute Gasteiger partial charge is 0.331 e. The average molecular weight is 307 g/mol. The van der Waals surface area contributed by atoms with Crippen molar-refractivity contribution in [3.63, 3.8) is 0 Å². The third-order valence-electron chi connectivity index (χ3n) is 4.19. The minimum atomic E-state index is 1.02. The number of aryl methyl sites for hydroxylation is 3. The van der Waals surface area contributed by atoms with Crippen molar-refractivity contribution in [2.24, 2.45) is 0 Å². The van der Waals surface area contributed by atoms with Crippen molar-refractivity contribution in [3.05, 3.63) is 66.0 Å². The lowest BCUT2D eigenvalue weighted by molar-refractivity contribution is 0.577. The monoisotopic (exact) mass is 307 g/mol. The smallest absolute Gasteiger partial charge is 0.0958 e. The minimum Gasteiger partial charge on any atom is -0.331 e. The average Bonchev–Trinajstić information content (AvgIpc) is 2.97. The summed E-state index contributed by atoms with van der Waals surface area (Å²) in [5.41, 5.74) is 5.05. The second-order valence-corrected chi connectivity index (χ2v) is 6.12. The van der Waals surface area contributed by atoms with E-state index in [2.05, 4.69) is 70.3 Å². The summed E-state index contributed by atoms with van der Waals surface area (Å²) < 4.78 is 2.26. The van der Waals surface area contributed by atoms with Crippen LogP contribution in [0.3, 0.4) is 0 Å². The highest BCUT2D eigenvalue weighted by Gasteiger charge is 2.02. The zero-order valence-electron chi connectivity index (χ0n) is 13.8. The molecule has 0 radical (unpaired) electrons. The predicted molar refractivity (Wildman–Crippen MR) is 96.7 cm³/mol. The third-order valence-corrected chi connectivity index (χ3v) is 4.19. The Morgan fingerprint density at radius 3 is 2.70 bits per heavy atom. The van der Waals surface area contributed by atoms with Gasteiger partial charge in [0.1, 0.15) is 0 Å². The first-order valence-electron chi connectivity index (χ1n) is 8.49. The normalized spacial score (nSPS) is 11.2. The van der Waals surface area contributed by atoms with Crippen LogP contribution in [-0.2, 0) is 13.0 Å². The van der Waals surface area contributed by atoms with E-state index in [9.17, 15) is 0 Å². The van der Waals surface area contributed by atoms with Gasteiger partial charge in [-0.2, -0.15) is 0 Å². The van der Waals surface area contributed by atoms with Crippen molar-refractivity contribution in [3.8, 4) is 0 Å². The molecular weight excluding hydrogens is 282 g/mol. The van der Waals surface area contributed by atoms with Crippen LogP contribution in [0.2, 0.25) is 0 Å². The van der Waals surface area contributed by atoms with E-state index in [1.165, 1.54) is 23.1 Å². The van der Waals surface area contributed by atoms with E-state index in [-0.39, 0.29) is 0 Å². The third kappa shape index (κ3) is 4.42. The Balaban J connectivity index is 1.36. The maximum absolute atomic E-state index is 4.46. The lowest BCUT2D eigenvalue weighted by Crippen LogP contribution is -2.18. The minimum absolute atomic E-state index is 1.02. The molecule has 120 valence electrons. The molecule has 0 spiro atoms. The molecule has 0 aliphatic rings. The number of hydrogen-bond acceptors (Lipinski definition) is 2. The number of hydrogen-bond donors (Lipinski definition) is 1. The first-order valence-corrected chi connectivity index (χ1v) is 8.49. The van der Waals surface area contributed by atoms with Gasteiger partial charge >= 0.3 is 0 Å². The van der Waals surface area contributed by atoms with Gasteiger partial charge in [-0.3, -0.25) is 0 Å². The van der Waals surface area contributed by atoms with Gasteiger partial charge in [0.15, 0.2) is 0 Å². The first kappa shape index (κ1) is 15.8. The lowest BCUT2D eigenvalue weighted by Gasteiger charge is -2.07. The molecule has 3 aromatic rings. The maximum atomic E-state index is 4.46. The van der Waals surface area contributed by atoms with Gasteiger partial charge in [0.05, 0.1) is 17.4 Å². The highest BCUT2D eigenvalue weighted by Crippen LogP contribution is 2.14. The van der Waals surface area contributed by atoms with Crippen molar-refractivity contribution in [1.29, 1.82) is 0 Å². The van der Waals surface area contributed by atoms with Crippen LogP contribution in [0.5, 0.6) is 0 Å². The van der Waals surface area contributed by atoms with E-state index in [1.54, 1.807) is 0 Å². The van der Waals surface area contributed by atoms with Gasteiger partial charge < -0.3 is 9.88 Å². The van der Waals surface area contributed by atoms with Crippen LogP contribution in [0.4, 0.5) is 0 Å². The summed E-state index contributed by atoms with van der Waals surface area (Å²) in [6.07, 6.45) is 5.43. The van der Waals surface area contributed by atoms with Crippen LogP contribution >= 0.6 is 0 Å². The van der Waals surface area contributed by atoms with E-state index < -0.39 is 0 Å². The fraction of sp³-hybridized carbons (Fsp3) is 0.350. The number of nitrogens with one attached hydrogen (secondary N) is 1. The molecular formula is C20H25N3. The molecule has 3 nitrogen and oxygen atoms in total. The van der Waals surface area contributed by atoms with Gasteiger partial charge in [-0.25, -0.2) is 4.98 Å². The molecule has 0 aliphatic heterocycles. The standard InChI is InChI=1S/C20H25N3/c1-17-10-11-19-20(15-17)23(16-22-19)14-6-13-21-12-5-9-18-7-3-2-4-8-18/h2-4,7-8,10-11,15-16,21H,5-6,9,12-14H2,1H3. The Labute approximate surface area is 138 Å². The number of benzene rings is 2. The number of aromatic nitrogens is 2. The number of nitrogens with zero attached hydrogens (tertiary/aromatic N) is 2. The zero-order chi connectivity index (χ0) is 15.9. The molecule has 0 aliphatic carbocycles. The predicted octanol–water partition coefficient (Wildman–Crippen LogP) is 3.96. The van der Waals surface area contributed by atoms with E-state index in [0.717, 1.165) is 38.0 Å². The van der Waals surface area contributed by atoms with Crippen LogP contribution in [0.1, 0.15) is 24.0 Å². The zero-order valence-corrected chi connectivity index (χ0v) is 13.8. The van der Waals surface area contributed by atoms with Crippen molar-refractivity contribution < 1.29 is 0 Å². The summed E-state index contributed by atoms with van der Waals surface area (Å²) in [4.78, 5) is 4.46. The Hall–Kier alpha value is -2.13. The Morgan fingerprint density at radius 2 is 1.83 bits per heavy atom. The molecule has 0 bridgehead atoms. The first-order chi connectivity index (χ1) is 11.3. The summed E-state index contributed by atoms with van der Waals surface area (Å²) in [7, 11) is 0. The number of imidazole rings is 1. The molecule has 0 saturated carbocycles. The highest BCUT2D eigenvalue weighted by atomic mass is 15.0. The number of fused-ring (bicyclic) bond motifs is 1. The number of rotatable bonds is 8. The summed E-state index contributed by atoms with van der Waals surface area (Å²) in [5, 5.41) is 3.54. The van der Waals surface area contributed by atoms with Gasteiger partial charge in [0, 0.05) is 6.54 Å². The summed E-state index contributed by atoms with van der Waals surface area (Å²) >= 11 is 0. The maximum Gasteiger partial charge on any atom is 0.0958 e. The van der Waals surface area contributed by atoms with E-state index in [4.69, 9.17) is 0 Å². The van der Waals surface area contributed by atoms with E-state index >= 15 is 0 Å². The second kappa shape index (κ2) is 7.93.